The van der Waals surface area contributed by atoms with Crippen molar-refractivity contribution in [2.24, 2.45) is 5.92 Å². The van der Waals surface area contributed by atoms with Gasteiger partial charge >= 0.3 is 0 Å². The van der Waals surface area contributed by atoms with Gasteiger partial charge in [0.05, 0.1) is 12.2 Å². The minimum Gasteiger partial charge on any atom is -0.469 e. The van der Waals surface area contributed by atoms with E-state index in [1.807, 2.05) is 13.0 Å². The molecule has 2 amide bonds. The Morgan fingerprint density at radius 1 is 1.38 bits per heavy atom. The fourth-order valence-corrected chi connectivity index (χ4v) is 2.90. The first-order chi connectivity index (χ1) is 11.5. The Hall–Kier alpha value is -2.63. The third-order valence-electron chi connectivity index (χ3n) is 4.11. The number of hydrogen-bond donors (Lipinski definition) is 1. The average Bonchev–Trinajstić information content (AvgIpc) is 3.17. The highest BCUT2D eigenvalue weighted by Crippen LogP contribution is 2.25. The van der Waals surface area contributed by atoms with Crippen molar-refractivity contribution in [3.8, 4) is 0 Å². The third kappa shape index (κ3) is 3.64. The van der Waals surface area contributed by atoms with E-state index in [0.717, 1.165) is 5.76 Å². The highest BCUT2D eigenvalue weighted by Gasteiger charge is 2.35. The molecule has 1 aliphatic rings. The van der Waals surface area contributed by atoms with E-state index in [0.29, 0.717) is 18.7 Å². The lowest BCUT2D eigenvalue weighted by Gasteiger charge is -2.18. The molecule has 0 saturated carbocycles. The fourth-order valence-electron chi connectivity index (χ4n) is 2.90. The Kier molecular flexibility index (Phi) is 4.64. The van der Waals surface area contributed by atoms with Crippen LogP contribution >= 0.6 is 0 Å². The number of nitrogens with one attached hydrogen (secondary N) is 1. The first-order valence-corrected chi connectivity index (χ1v) is 7.91. The van der Waals surface area contributed by atoms with Crippen LogP contribution in [-0.4, -0.2) is 24.4 Å². The molecule has 0 aliphatic carbocycles. The molecule has 24 heavy (non-hydrogen) atoms. The summed E-state index contributed by atoms with van der Waals surface area (Å²) in [5.74, 6) is -0.223. The predicted molar refractivity (Wildman–Crippen MR) is 86.9 cm³/mol. The van der Waals surface area contributed by atoms with Crippen molar-refractivity contribution in [2.45, 2.75) is 25.8 Å². The number of furan rings is 1. The van der Waals surface area contributed by atoms with Gasteiger partial charge in [0.25, 0.3) is 0 Å². The Labute approximate surface area is 139 Å². The molecule has 5 nitrogen and oxygen atoms in total. The summed E-state index contributed by atoms with van der Waals surface area (Å²) in [7, 11) is 0. The van der Waals surface area contributed by atoms with Crippen LogP contribution in [-0.2, 0) is 16.0 Å². The predicted octanol–water partition coefficient (Wildman–Crippen LogP) is 2.52. The van der Waals surface area contributed by atoms with Gasteiger partial charge in [0.15, 0.2) is 0 Å². The first kappa shape index (κ1) is 16.2. The van der Waals surface area contributed by atoms with Crippen molar-refractivity contribution in [1.82, 2.24) is 5.32 Å². The Balaban J connectivity index is 1.58. The smallest absolute Gasteiger partial charge is 0.227 e. The van der Waals surface area contributed by atoms with Crippen LogP contribution in [0.2, 0.25) is 0 Å². The molecular formula is C18H19FN2O3. The van der Waals surface area contributed by atoms with Crippen LogP contribution in [0.3, 0.4) is 0 Å². The SMILES string of the molecule is C[C@@H](Cc1ccco1)NC(=O)[C@@H]1CC(=O)N(c2ccc(F)cc2)C1. The number of amides is 2. The number of anilines is 1. The second-order valence-electron chi connectivity index (χ2n) is 6.07. The maximum atomic E-state index is 13.0. The van der Waals surface area contributed by atoms with Gasteiger partial charge in [-0.3, -0.25) is 9.59 Å². The molecule has 0 bridgehead atoms. The number of carbonyl (C=O) groups is 2. The van der Waals surface area contributed by atoms with E-state index in [1.165, 1.54) is 17.0 Å². The van der Waals surface area contributed by atoms with Gasteiger partial charge in [0.1, 0.15) is 11.6 Å². The second-order valence-corrected chi connectivity index (χ2v) is 6.07. The van der Waals surface area contributed by atoms with Gasteiger partial charge in [-0.1, -0.05) is 0 Å². The van der Waals surface area contributed by atoms with Gasteiger partial charge in [0, 0.05) is 31.1 Å². The molecule has 0 unspecified atom stereocenters. The quantitative estimate of drug-likeness (QED) is 0.916. The van der Waals surface area contributed by atoms with Crippen molar-refractivity contribution in [3.63, 3.8) is 0 Å². The number of carbonyl (C=O) groups excluding carboxylic acids is 2. The molecule has 2 atom stereocenters. The maximum Gasteiger partial charge on any atom is 0.227 e. The molecule has 1 fully saturated rings. The lowest BCUT2D eigenvalue weighted by atomic mass is 10.1. The zero-order valence-electron chi connectivity index (χ0n) is 13.4. The van der Waals surface area contributed by atoms with Gasteiger partial charge in [-0.25, -0.2) is 4.39 Å². The molecule has 126 valence electrons. The molecule has 2 aromatic rings. The number of hydrogen-bond acceptors (Lipinski definition) is 3. The molecule has 6 heteroatoms. The lowest BCUT2D eigenvalue weighted by molar-refractivity contribution is -0.126. The average molecular weight is 330 g/mol. The van der Waals surface area contributed by atoms with Crippen molar-refractivity contribution in [1.29, 1.82) is 0 Å². The van der Waals surface area contributed by atoms with Gasteiger partial charge in [-0.2, -0.15) is 0 Å². The van der Waals surface area contributed by atoms with Crippen LogP contribution in [0.15, 0.2) is 47.1 Å². The molecule has 1 aliphatic heterocycles. The van der Waals surface area contributed by atoms with Gasteiger partial charge < -0.3 is 14.6 Å². The second kappa shape index (κ2) is 6.86. The minimum absolute atomic E-state index is 0.0846. The molecule has 0 radical (unpaired) electrons. The first-order valence-electron chi connectivity index (χ1n) is 7.91. The molecule has 1 N–H and O–H groups in total. The minimum atomic E-state index is -0.401. The summed E-state index contributed by atoms with van der Waals surface area (Å²) in [6.45, 7) is 2.21. The number of nitrogens with zero attached hydrogens (tertiary/aromatic N) is 1. The molecule has 0 spiro atoms. The lowest BCUT2D eigenvalue weighted by Crippen LogP contribution is -2.39. The molecule has 3 rings (SSSR count). The van der Waals surface area contributed by atoms with E-state index in [2.05, 4.69) is 5.32 Å². The standard InChI is InChI=1S/C18H19FN2O3/c1-12(9-16-3-2-8-24-16)20-18(23)13-10-17(22)21(11-13)15-6-4-14(19)5-7-15/h2-8,12-13H,9-11H2,1H3,(H,20,23)/t12-,13+/m0/s1. The van der Waals surface area contributed by atoms with Crippen LogP contribution < -0.4 is 10.2 Å². The topological polar surface area (TPSA) is 62.6 Å². The van der Waals surface area contributed by atoms with Crippen LogP contribution in [0.4, 0.5) is 10.1 Å². The Bertz CT molecular complexity index is 712. The highest BCUT2D eigenvalue weighted by molar-refractivity contribution is 6.00. The molecular weight excluding hydrogens is 311 g/mol. The van der Waals surface area contributed by atoms with Crippen LogP contribution in [0.1, 0.15) is 19.1 Å². The summed E-state index contributed by atoms with van der Waals surface area (Å²) in [6.07, 6.45) is 2.36. The van der Waals surface area contributed by atoms with Crippen molar-refractivity contribution < 1.29 is 18.4 Å². The van der Waals surface area contributed by atoms with E-state index in [1.54, 1.807) is 24.5 Å². The van der Waals surface area contributed by atoms with Crippen molar-refractivity contribution >= 4 is 17.5 Å². The van der Waals surface area contributed by atoms with E-state index >= 15 is 0 Å². The number of rotatable bonds is 5. The van der Waals surface area contributed by atoms with Crippen LogP contribution in [0, 0.1) is 11.7 Å². The van der Waals surface area contributed by atoms with Gasteiger partial charge in [-0.15, -0.1) is 0 Å². The van der Waals surface area contributed by atoms with Crippen LogP contribution in [0.5, 0.6) is 0 Å². The number of benzene rings is 1. The van der Waals surface area contributed by atoms with E-state index in [4.69, 9.17) is 4.42 Å². The highest BCUT2D eigenvalue weighted by atomic mass is 19.1. The molecule has 2 heterocycles. The summed E-state index contributed by atoms with van der Waals surface area (Å²) >= 11 is 0. The van der Waals surface area contributed by atoms with E-state index in [9.17, 15) is 14.0 Å². The molecule has 1 aromatic carbocycles. The van der Waals surface area contributed by atoms with Crippen molar-refractivity contribution in [3.05, 3.63) is 54.2 Å². The van der Waals surface area contributed by atoms with Crippen LogP contribution in [0.25, 0.3) is 0 Å². The molecule has 1 saturated heterocycles. The molecule has 1 aromatic heterocycles. The summed E-state index contributed by atoms with van der Waals surface area (Å²) in [4.78, 5) is 26.1. The van der Waals surface area contributed by atoms with Crippen molar-refractivity contribution in [2.75, 3.05) is 11.4 Å². The fraction of sp³-hybridized carbons (Fsp3) is 0.333. The zero-order valence-corrected chi connectivity index (χ0v) is 13.4. The maximum absolute atomic E-state index is 13.0. The summed E-state index contributed by atoms with van der Waals surface area (Å²) in [5.41, 5.74) is 0.611. The Morgan fingerprint density at radius 3 is 2.79 bits per heavy atom. The zero-order chi connectivity index (χ0) is 17.1. The Morgan fingerprint density at radius 2 is 2.12 bits per heavy atom. The summed E-state index contributed by atoms with van der Waals surface area (Å²) in [6, 6.07) is 9.29. The van der Waals surface area contributed by atoms with Gasteiger partial charge in [0.2, 0.25) is 11.8 Å². The normalized spacial score (nSPS) is 18.7. The third-order valence-corrected chi connectivity index (χ3v) is 4.11. The largest absolute Gasteiger partial charge is 0.469 e. The van der Waals surface area contributed by atoms with E-state index in [-0.39, 0.29) is 30.1 Å². The summed E-state index contributed by atoms with van der Waals surface area (Å²) < 4.78 is 18.3. The van der Waals surface area contributed by atoms with E-state index < -0.39 is 5.92 Å². The monoisotopic (exact) mass is 330 g/mol. The summed E-state index contributed by atoms with van der Waals surface area (Å²) in [5, 5.41) is 2.92. The van der Waals surface area contributed by atoms with Gasteiger partial charge in [-0.05, 0) is 43.3 Å². The number of halogens is 1.